The van der Waals surface area contributed by atoms with Crippen molar-refractivity contribution in [2.45, 2.75) is 19.4 Å². The lowest BCUT2D eigenvalue weighted by Gasteiger charge is -2.50. The van der Waals surface area contributed by atoms with Crippen LogP contribution in [-0.2, 0) is 9.59 Å². The summed E-state index contributed by atoms with van der Waals surface area (Å²) < 4.78 is 0. The number of nitrogens with two attached hydrogens (primary N) is 1. The zero-order chi connectivity index (χ0) is 13.5. The molecule has 2 aliphatic rings. The number of carboxylic acid groups (broad SMARTS) is 1. The van der Waals surface area contributed by atoms with Gasteiger partial charge in [0.15, 0.2) is 0 Å². The largest absolute Gasteiger partial charge is 0.477 e. The molecule has 0 saturated carbocycles. The average Bonchev–Trinajstić information content (AvgIpc) is 2.72. The molecular weight excluding hydrogens is 256 g/mol. The Labute approximate surface area is 109 Å². The van der Waals surface area contributed by atoms with Gasteiger partial charge in [-0.2, -0.15) is 0 Å². The van der Waals surface area contributed by atoms with Crippen LogP contribution in [0.15, 0.2) is 10.6 Å². The van der Waals surface area contributed by atoms with Crippen molar-refractivity contribution in [3.05, 3.63) is 10.6 Å². The predicted octanol–water partition coefficient (Wildman–Crippen LogP) is -0.412. The van der Waals surface area contributed by atoms with Crippen molar-refractivity contribution in [3.63, 3.8) is 0 Å². The molecule has 0 aromatic heterocycles. The van der Waals surface area contributed by atoms with Crippen molar-refractivity contribution in [2.24, 2.45) is 11.1 Å². The van der Waals surface area contributed by atoms with Gasteiger partial charge in [-0.1, -0.05) is 0 Å². The van der Waals surface area contributed by atoms with E-state index >= 15 is 0 Å². The highest BCUT2D eigenvalue weighted by Crippen LogP contribution is 2.51. The number of nitrogens with zero attached hydrogens (tertiary/aromatic N) is 1. The van der Waals surface area contributed by atoms with Crippen LogP contribution < -0.4 is 5.73 Å². The number of hydrogen-bond acceptors (Lipinski definition) is 5. The highest BCUT2D eigenvalue weighted by Gasteiger charge is 2.62. The van der Waals surface area contributed by atoms with Crippen molar-refractivity contribution >= 4 is 23.6 Å². The highest BCUT2D eigenvalue weighted by atomic mass is 32.2. The number of amides is 1. The molecule has 0 aromatic rings. The maximum Gasteiger partial charge on any atom is 0.353 e. The molecule has 0 spiro atoms. The van der Waals surface area contributed by atoms with E-state index in [0.717, 1.165) is 0 Å². The maximum atomic E-state index is 12.0. The first-order valence-corrected chi connectivity index (χ1v) is 6.69. The Morgan fingerprint density at radius 3 is 2.83 bits per heavy atom. The van der Waals surface area contributed by atoms with Crippen LogP contribution in [0.3, 0.4) is 0 Å². The zero-order valence-corrected chi connectivity index (χ0v) is 10.9. The molecule has 6 nitrogen and oxygen atoms in total. The fourth-order valence-electron chi connectivity index (χ4n) is 2.46. The minimum absolute atomic E-state index is 0.0642. The van der Waals surface area contributed by atoms with Crippen LogP contribution in [0.1, 0.15) is 13.3 Å². The lowest BCUT2D eigenvalue weighted by atomic mass is 9.73. The molecule has 100 valence electrons. The van der Waals surface area contributed by atoms with Gasteiger partial charge >= 0.3 is 5.97 Å². The number of carboxylic acids is 1. The first kappa shape index (κ1) is 13.4. The van der Waals surface area contributed by atoms with Crippen LogP contribution in [-0.4, -0.2) is 51.9 Å². The first-order chi connectivity index (χ1) is 8.47. The number of carbonyl (C=O) groups excluding carboxylic acids is 1. The monoisotopic (exact) mass is 272 g/mol. The molecule has 1 amide bonds. The van der Waals surface area contributed by atoms with Gasteiger partial charge < -0.3 is 20.8 Å². The summed E-state index contributed by atoms with van der Waals surface area (Å²) in [6.45, 7) is 1.87. The SMILES string of the molecule is CC1(CO)C(=O)N2C(C(=O)O)=C(SCCN)CC21. The van der Waals surface area contributed by atoms with E-state index in [1.807, 2.05) is 0 Å². The van der Waals surface area contributed by atoms with Crippen LogP contribution in [0, 0.1) is 5.41 Å². The Morgan fingerprint density at radius 1 is 1.67 bits per heavy atom. The summed E-state index contributed by atoms with van der Waals surface area (Å²) in [4.78, 5) is 25.2. The molecule has 1 saturated heterocycles. The molecule has 0 aromatic carbocycles. The molecule has 2 rings (SSSR count). The molecule has 0 aliphatic carbocycles. The number of rotatable bonds is 5. The highest BCUT2D eigenvalue weighted by molar-refractivity contribution is 8.03. The summed E-state index contributed by atoms with van der Waals surface area (Å²) in [7, 11) is 0. The minimum atomic E-state index is -1.09. The van der Waals surface area contributed by atoms with Gasteiger partial charge in [0.05, 0.1) is 18.1 Å². The van der Waals surface area contributed by atoms with E-state index in [-0.39, 0.29) is 24.3 Å². The molecule has 4 N–H and O–H groups in total. The number of aliphatic hydroxyl groups excluding tert-OH is 1. The fraction of sp³-hybridized carbons (Fsp3) is 0.636. The van der Waals surface area contributed by atoms with Gasteiger partial charge in [-0.25, -0.2) is 4.79 Å². The Bertz CT molecular complexity index is 437. The van der Waals surface area contributed by atoms with Crippen LogP contribution in [0.25, 0.3) is 0 Å². The Kier molecular flexibility index (Phi) is 3.39. The van der Waals surface area contributed by atoms with Crippen LogP contribution in [0.4, 0.5) is 0 Å². The van der Waals surface area contributed by atoms with Crippen molar-refractivity contribution in [1.29, 1.82) is 0 Å². The van der Waals surface area contributed by atoms with Crippen molar-refractivity contribution in [1.82, 2.24) is 4.90 Å². The van der Waals surface area contributed by atoms with Crippen LogP contribution in [0.2, 0.25) is 0 Å². The third-order valence-corrected chi connectivity index (χ3v) is 4.71. The van der Waals surface area contributed by atoms with Crippen LogP contribution in [0.5, 0.6) is 0 Å². The smallest absolute Gasteiger partial charge is 0.353 e. The molecule has 0 radical (unpaired) electrons. The number of aliphatic hydroxyl groups is 1. The summed E-state index contributed by atoms with van der Waals surface area (Å²) >= 11 is 1.38. The summed E-state index contributed by atoms with van der Waals surface area (Å²) in [6, 6.07) is -0.235. The van der Waals surface area contributed by atoms with E-state index in [1.165, 1.54) is 16.7 Å². The van der Waals surface area contributed by atoms with Gasteiger partial charge in [-0.05, 0) is 6.92 Å². The van der Waals surface area contributed by atoms with E-state index in [0.29, 0.717) is 23.6 Å². The van der Waals surface area contributed by atoms with E-state index in [2.05, 4.69) is 0 Å². The number of hydrogen-bond donors (Lipinski definition) is 3. The molecule has 2 aliphatic heterocycles. The fourth-order valence-corrected chi connectivity index (χ4v) is 3.43. The molecule has 2 atom stereocenters. The molecule has 2 unspecified atom stereocenters. The topological polar surface area (TPSA) is 104 Å². The Hall–Kier alpha value is -1.05. The lowest BCUT2D eigenvalue weighted by molar-refractivity contribution is -0.170. The molecule has 1 fully saturated rings. The quantitative estimate of drug-likeness (QED) is 0.588. The van der Waals surface area contributed by atoms with E-state index in [4.69, 9.17) is 5.73 Å². The summed E-state index contributed by atoms with van der Waals surface area (Å²) in [6.07, 6.45) is 0.495. The van der Waals surface area contributed by atoms with Crippen molar-refractivity contribution in [3.8, 4) is 0 Å². The molecule has 0 bridgehead atoms. The standard InChI is InChI=1S/C11H16N2O4S/c1-11(5-14)7-4-6(18-3-2-12)8(9(15)16)13(7)10(11)17/h7,14H,2-5,12H2,1H3,(H,15,16). The lowest BCUT2D eigenvalue weighted by Crippen LogP contribution is -2.67. The van der Waals surface area contributed by atoms with Gasteiger partial charge in [-0.3, -0.25) is 4.79 Å². The normalized spacial score (nSPS) is 30.5. The second-order valence-electron chi connectivity index (χ2n) is 4.68. The summed E-state index contributed by atoms with van der Waals surface area (Å²) in [5.74, 6) is -0.780. The van der Waals surface area contributed by atoms with Crippen molar-refractivity contribution in [2.75, 3.05) is 18.9 Å². The number of aliphatic carboxylic acids is 1. The second-order valence-corrected chi connectivity index (χ2v) is 5.87. The molecular formula is C11H16N2O4S. The summed E-state index contributed by atoms with van der Waals surface area (Å²) in [5, 5.41) is 18.5. The second kappa shape index (κ2) is 4.56. The number of fused-ring (bicyclic) bond motifs is 1. The third kappa shape index (κ3) is 1.65. The average molecular weight is 272 g/mol. The van der Waals surface area contributed by atoms with E-state index < -0.39 is 11.4 Å². The summed E-state index contributed by atoms with van der Waals surface area (Å²) in [5.41, 5.74) is 4.63. The van der Waals surface area contributed by atoms with Gasteiger partial charge in [0.2, 0.25) is 5.91 Å². The predicted molar refractivity (Wildman–Crippen MR) is 66.6 cm³/mol. The third-order valence-electron chi connectivity index (χ3n) is 3.56. The Morgan fingerprint density at radius 2 is 2.33 bits per heavy atom. The number of β-lactam (4-membered cyclic amide) rings is 1. The van der Waals surface area contributed by atoms with Gasteiger partial charge in [-0.15, -0.1) is 11.8 Å². The maximum absolute atomic E-state index is 12.0. The molecule has 7 heteroatoms. The zero-order valence-electron chi connectivity index (χ0n) is 10.0. The van der Waals surface area contributed by atoms with E-state index in [9.17, 15) is 19.8 Å². The van der Waals surface area contributed by atoms with Crippen molar-refractivity contribution < 1.29 is 19.8 Å². The van der Waals surface area contributed by atoms with Gasteiger partial charge in [0.1, 0.15) is 5.70 Å². The molecule has 2 heterocycles. The van der Waals surface area contributed by atoms with Gasteiger partial charge in [0, 0.05) is 23.6 Å². The molecule has 18 heavy (non-hydrogen) atoms. The Balaban J connectivity index is 2.27. The van der Waals surface area contributed by atoms with Gasteiger partial charge in [0.25, 0.3) is 0 Å². The van der Waals surface area contributed by atoms with Crippen LogP contribution >= 0.6 is 11.8 Å². The minimum Gasteiger partial charge on any atom is -0.477 e. The number of thioether (sulfide) groups is 1. The van der Waals surface area contributed by atoms with E-state index in [1.54, 1.807) is 6.92 Å². The first-order valence-electron chi connectivity index (χ1n) is 5.71. The number of carbonyl (C=O) groups is 2.